The van der Waals surface area contributed by atoms with E-state index < -0.39 is 66.2 Å². The van der Waals surface area contributed by atoms with Gasteiger partial charge in [0.1, 0.15) is 10.6 Å². The SMILES string of the molecule is O=S(=O)(c1ccc(C(F)(F)F)cc1)[C@]12CCO[C@H](CCO)[C@H]1COc1c(F)ccc(F)c12. The van der Waals surface area contributed by atoms with Crippen molar-refractivity contribution < 1.29 is 45.0 Å². The summed E-state index contributed by atoms with van der Waals surface area (Å²) in [6, 6.07) is 4.49. The van der Waals surface area contributed by atoms with Crippen molar-refractivity contribution >= 4 is 9.84 Å². The maximum absolute atomic E-state index is 15.1. The molecule has 11 heteroatoms. The van der Waals surface area contributed by atoms with Gasteiger partial charge in [-0.1, -0.05) is 0 Å². The van der Waals surface area contributed by atoms with Crippen LogP contribution in [0.25, 0.3) is 0 Å². The Kier molecular flexibility index (Phi) is 5.71. The van der Waals surface area contributed by atoms with E-state index in [0.29, 0.717) is 12.1 Å². The third-order valence-electron chi connectivity index (χ3n) is 6.13. The molecule has 2 aromatic rings. The molecule has 4 rings (SSSR count). The first kappa shape index (κ1) is 22.9. The predicted octanol–water partition coefficient (Wildman–Crippen LogP) is 3.83. The van der Waals surface area contributed by atoms with Gasteiger partial charge in [0.25, 0.3) is 0 Å². The van der Waals surface area contributed by atoms with Gasteiger partial charge in [0.15, 0.2) is 21.4 Å². The van der Waals surface area contributed by atoms with E-state index in [1.54, 1.807) is 0 Å². The highest BCUT2D eigenvalue weighted by molar-refractivity contribution is 7.92. The van der Waals surface area contributed by atoms with Crippen molar-refractivity contribution in [2.75, 3.05) is 19.8 Å². The van der Waals surface area contributed by atoms with Crippen molar-refractivity contribution in [3.63, 3.8) is 0 Å². The van der Waals surface area contributed by atoms with Crippen LogP contribution in [0.4, 0.5) is 22.0 Å². The first-order valence-electron chi connectivity index (χ1n) is 9.79. The summed E-state index contributed by atoms with van der Waals surface area (Å²) >= 11 is 0. The number of halogens is 5. The predicted molar refractivity (Wildman–Crippen MR) is 102 cm³/mol. The van der Waals surface area contributed by atoms with Crippen molar-refractivity contribution in [3.8, 4) is 5.75 Å². The molecule has 2 heterocycles. The minimum absolute atomic E-state index is 0.0184. The average Bonchev–Trinajstić information content (AvgIpc) is 2.75. The van der Waals surface area contributed by atoms with Gasteiger partial charge in [0.05, 0.1) is 28.7 Å². The van der Waals surface area contributed by atoms with Crippen LogP contribution in [0.1, 0.15) is 24.0 Å². The van der Waals surface area contributed by atoms with Gasteiger partial charge in [-0.05, 0) is 49.2 Å². The third kappa shape index (κ3) is 3.37. The van der Waals surface area contributed by atoms with Crippen molar-refractivity contribution in [2.24, 2.45) is 5.92 Å². The number of sulfone groups is 1. The molecule has 0 aromatic heterocycles. The molecule has 0 spiro atoms. The number of fused-ring (bicyclic) bond motifs is 3. The standard InChI is InChI=1S/C21H19F5O5S/c22-15-5-6-16(23)19-18(15)20(8-10-30-17(7-9-27)14(20)11-31-19)32(28,29)13-3-1-12(2-4-13)21(24,25)26/h1-6,14,17,27H,7-11H2/t14-,17-,20-/m1/s1. The Morgan fingerprint density at radius 2 is 1.72 bits per heavy atom. The van der Waals surface area contributed by atoms with Crippen LogP contribution in [-0.4, -0.2) is 39.4 Å². The van der Waals surface area contributed by atoms with Gasteiger partial charge in [-0.2, -0.15) is 13.2 Å². The zero-order valence-electron chi connectivity index (χ0n) is 16.5. The van der Waals surface area contributed by atoms with E-state index in [1.807, 2.05) is 0 Å². The molecule has 0 bridgehead atoms. The Balaban J connectivity index is 1.96. The summed E-state index contributed by atoms with van der Waals surface area (Å²) in [5, 5.41) is 9.40. The second-order valence-electron chi connectivity index (χ2n) is 7.74. The largest absolute Gasteiger partial charge is 0.490 e. The Morgan fingerprint density at radius 1 is 1.06 bits per heavy atom. The van der Waals surface area contributed by atoms with Gasteiger partial charge in [-0.25, -0.2) is 17.2 Å². The number of aliphatic hydroxyl groups is 1. The van der Waals surface area contributed by atoms with Gasteiger partial charge in [-0.3, -0.25) is 0 Å². The van der Waals surface area contributed by atoms with Crippen LogP contribution in [-0.2, 0) is 25.5 Å². The summed E-state index contributed by atoms with van der Waals surface area (Å²) in [4.78, 5) is -0.461. The zero-order valence-corrected chi connectivity index (χ0v) is 17.3. The van der Waals surface area contributed by atoms with E-state index in [-0.39, 0.29) is 32.7 Å². The molecule has 32 heavy (non-hydrogen) atoms. The summed E-state index contributed by atoms with van der Waals surface area (Å²) in [5.41, 5.74) is -1.54. The Morgan fingerprint density at radius 3 is 2.34 bits per heavy atom. The van der Waals surface area contributed by atoms with E-state index in [4.69, 9.17) is 9.47 Å². The van der Waals surface area contributed by atoms with Crippen LogP contribution < -0.4 is 4.74 Å². The smallest absolute Gasteiger partial charge is 0.416 e. The molecule has 5 nitrogen and oxygen atoms in total. The number of hydrogen-bond donors (Lipinski definition) is 1. The highest BCUT2D eigenvalue weighted by Crippen LogP contribution is 2.55. The maximum Gasteiger partial charge on any atom is 0.416 e. The van der Waals surface area contributed by atoms with E-state index in [2.05, 4.69) is 0 Å². The van der Waals surface area contributed by atoms with Gasteiger partial charge in [0, 0.05) is 19.1 Å². The number of ether oxygens (including phenoxy) is 2. The number of hydrogen-bond acceptors (Lipinski definition) is 5. The minimum atomic E-state index is -4.67. The molecule has 174 valence electrons. The van der Waals surface area contributed by atoms with Crippen LogP contribution in [0.5, 0.6) is 5.75 Å². The Bertz CT molecular complexity index is 1110. The van der Waals surface area contributed by atoms with Crippen molar-refractivity contribution in [2.45, 2.75) is 34.8 Å². The molecule has 1 N–H and O–H groups in total. The highest BCUT2D eigenvalue weighted by Gasteiger charge is 2.61. The van der Waals surface area contributed by atoms with Gasteiger partial charge < -0.3 is 14.6 Å². The Hall–Kier alpha value is -2.24. The lowest BCUT2D eigenvalue weighted by Gasteiger charge is -2.50. The first-order valence-corrected chi connectivity index (χ1v) is 11.3. The van der Waals surface area contributed by atoms with Crippen molar-refractivity contribution in [3.05, 3.63) is 59.2 Å². The lowest BCUT2D eigenvalue weighted by molar-refractivity contribution is -0.137. The second-order valence-corrected chi connectivity index (χ2v) is 9.94. The fourth-order valence-corrected chi connectivity index (χ4v) is 7.02. The van der Waals surface area contributed by atoms with Crippen molar-refractivity contribution in [1.82, 2.24) is 0 Å². The molecular weight excluding hydrogens is 459 g/mol. The fraction of sp³-hybridized carbons (Fsp3) is 0.429. The zero-order chi connectivity index (χ0) is 23.3. The topological polar surface area (TPSA) is 72.8 Å². The molecule has 2 aliphatic heterocycles. The Labute approximate surface area is 180 Å². The summed E-state index contributed by atoms with van der Waals surface area (Å²) in [7, 11) is -4.57. The molecule has 0 amide bonds. The van der Waals surface area contributed by atoms with E-state index in [0.717, 1.165) is 24.3 Å². The summed E-state index contributed by atoms with van der Waals surface area (Å²) < 4.78 is 105. The van der Waals surface area contributed by atoms with E-state index in [9.17, 15) is 31.1 Å². The molecule has 0 aliphatic carbocycles. The molecule has 0 unspecified atom stereocenters. The monoisotopic (exact) mass is 478 g/mol. The first-order chi connectivity index (χ1) is 15.0. The minimum Gasteiger partial charge on any atom is -0.490 e. The number of rotatable bonds is 4. The summed E-state index contributed by atoms with van der Waals surface area (Å²) in [6.45, 7) is -0.829. The quantitative estimate of drug-likeness (QED) is 0.677. The third-order valence-corrected chi connectivity index (χ3v) is 8.69. The number of benzene rings is 2. The molecule has 0 radical (unpaired) electrons. The molecule has 2 aliphatic rings. The molecule has 2 aromatic carbocycles. The van der Waals surface area contributed by atoms with Gasteiger partial charge in [0.2, 0.25) is 0 Å². The van der Waals surface area contributed by atoms with E-state index >= 15 is 4.39 Å². The fourth-order valence-electron chi connectivity index (χ4n) is 4.67. The average molecular weight is 478 g/mol. The molecular formula is C21H19F5O5S. The van der Waals surface area contributed by atoms with Crippen LogP contribution in [0.3, 0.4) is 0 Å². The van der Waals surface area contributed by atoms with Gasteiger partial charge in [-0.15, -0.1) is 0 Å². The van der Waals surface area contributed by atoms with Gasteiger partial charge >= 0.3 is 6.18 Å². The highest BCUT2D eigenvalue weighted by atomic mass is 32.2. The normalized spacial score (nSPS) is 25.6. The second kappa shape index (κ2) is 7.96. The maximum atomic E-state index is 15.1. The number of aliphatic hydroxyl groups excluding tert-OH is 1. The summed E-state index contributed by atoms with van der Waals surface area (Å²) in [6.07, 6.45) is -5.77. The van der Waals surface area contributed by atoms with E-state index in [1.165, 1.54) is 0 Å². The molecule has 1 fully saturated rings. The number of alkyl halides is 3. The van der Waals surface area contributed by atoms with Crippen LogP contribution in [0.15, 0.2) is 41.3 Å². The van der Waals surface area contributed by atoms with Crippen LogP contribution in [0, 0.1) is 17.6 Å². The lowest BCUT2D eigenvalue weighted by atomic mass is 9.75. The van der Waals surface area contributed by atoms with Crippen molar-refractivity contribution in [1.29, 1.82) is 0 Å². The summed E-state index contributed by atoms with van der Waals surface area (Å²) in [5.74, 6) is -3.53. The lowest BCUT2D eigenvalue weighted by Crippen LogP contribution is -2.57. The molecule has 3 atom stereocenters. The molecule has 1 saturated heterocycles. The van der Waals surface area contributed by atoms with Crippen LogP contribution >= 0.6 is 0 Å². The molecule has 0 saturated carbocycles. The van der Waals surface area contributed by atoms with Crippen LogP contribution in [0.2, 0.25) is 0 Å².